The van der Waals surface area contributed by atoms with Gasteiger partial charge in [-0.25, -0.2) is 0 Å². The molecule has 1 rings (SSSR count). The van der Waals surface area contributed by atoms with Crippen LogP contribution in [0.25, 0.3) is 0 Å². The van der Waals surface area contributed by atoms with Gasteiger partial charge >= 0.3 is 0 Å². The highest BCUT2D eigenvalue weighted by atomic mass is 32.2. The molecule has 0 heterocycles. The molecule has 0 saturated carbocycles. The van der Waals surface area contributed by atoms with E-state index >= 15 is 0 Å². The summed E-state index contributed by atoms with van der Waals surface area (Å²) in [5.41, 5.74) is 4.24. The Morgan fingerprint density at radius 1 is 1.15 bits per heavy atom. The zero-order chi connectivity index (χ0) is 19.5. The van der Waals surface area contributed by atoms with Gasteiger partial charge in [-0.1, -0.05) is 43.1 Å². The fraction of sp³-hybridized carbons (Fsp3) is 0.545. The Morgan fingerprint density at radius 3 is 2.50 bits per heavy atom. The Balaban J connectivity index is 2.97. The molecule has 0 radical (unpaired) electrons. The fourth-order valence-corrected chi connectivity index (χ4v) is 3.58. The van der Waals surface area contributed by atoms with Crippen molar-refractivity contribution in [3.63, 3.8) is 0 Å². The highest BCUT2D eigenvalue weighted by Gasteiger charge is 2.17. The Morgan fingerprint density at radius 2 is 1.88 bits per heavy atom. The molecule has 0 atom stereocenters. The summed E-state index contributed by atoms with van der Waals surface area (Å²) in [7, 11) is 1.85. The van der Waals surface area contributed by atoms with E-state index in [0.717, 1.165) is 49.0 Å². The summed E-state index contributed by atoms with van der Waals surface area (Å²) >= 11 is 1.42. The minimum Gasteiger partial charge on any atom is -0.508 e. The third-order valence-corrected chi connectivity index (χ3v) is 5.28. The van der Waals surface area contributed by atoms with Gasteiger partial charge in [0, 0.05) is 5.56 Å². The number of allylic oxidation sites excluding steroid dienone is 4. The van der Waals surface area contributed by atoms with Gasteiger partial charge in [-0.3, -0.25) is 4.72 Å². The predicted molar refractivity (Wildman–Crippen MR) is 114 cm³/mol. The Hall–Kier alpha value is -1.39. The number of phenols is 2. The normalized spacial score (nSPS) is 11.7. The van der Waals surface area contributed by atoms with E-state index in [9.17, 15) is 10.2 Å². The Labute approximate surface area is 163 Å². The van der Waals surface area contributed by atoms with Crippen LogP contribution in [0.2, 0.25) is 0 Å². The van der Waals surface area contributed by atoms with Crippen molar-refractivity contribution >= 4 is 11.9 Å². The van der Waals surface area contributed by atoms with E-state index < -0.39 is 0 Å². The second-order valence-electron chi connectivity index (χ2n) is 7.05. The first-order valence-electron chi connectivity index (χ1n) is 9.59. The van der Waals surface area contributed by atoms with Crippen LogP contribution in [0.1, 0.15) is 70.9 Å². The van der Waals surface area contributed by atoms with Crippen molar-refractivity contribution in [1.82, 2.24) is 4.72 Å². The van der Waals surface area contributed by atoms with Crippen molar-refractivity contribution in [2.75, 3.05) is 7.05 Å². The van der Waals surface area contributed by atoms with Crippen LogP contribution < -0.4 is 4.72 Å². The summed E-state index contributed by atoms with van der Waals surface area (Å²) < 4.78 is 3.06. The van der Waals surface area contributed by atoms with E-state index in [2.05, 4.69) is 44.6 Å². The maximum atomic E-state index is 10.7. The van der Waals surface area contributed by atoms with E-state index in [1.165, 1.54) is 23.1 Å². The van der Waals surface area contributed by atoms with E-state index in [4.69, 9.17) is 0 Å². The van der Waals surface area contributed by atoms with Crippen LogP contribution in [0.3, 0.4) is 0 Å². The van der Waals surface area contributed by atoms with E-state index in [1.807, 2.05) is 13.1 Å². The number of phenolic OH excluding ortho intramolecular Hbond substituents is 2. The average molecular weight is 378 g/mol. The van der Waals surface area contributed by atoms with E-state index in [0.29, 0.717) is 12.0 Å². The topological polar surface area (TPSA) is 52.5 Å². The van der Waals surface area contributed by atoms with Crippen LogP contribution in [-0.4, -0.2) is 17.3 Å². The van der Waals surface area contributed by atoms with E-state index in [1.54, 1.807) is 0 Å². The van der Waals surface area contributed by atoms with Crippen LogP contribution in [0.5, 0.6) is 11.5 Å². The molecule has 0 bridgehead atoms. The van der Waals surface area contributed by atoms with Crippen molar-refractivity contribution < 1.29 is 10.2 Å². The third kappa shape index (κ3) is 7.46. The van der Waals surface area contributed by atoms with Gasteiger partial charge in [0.25, 0.3) is 0 Å². The number of unbranched alkanes of at least 4 members (excludes halogenated alkanes) is 2. The molecular formula is C22H35NO2S. The molecule has 1 aromatic rings. The van der Waals surface area contributed by atoms with Crippen molar-refractivity contribution in [3.05, 3.63) is 40.5 Å². The molecule has 146 valence electrons. The smallest absolute Gasteiger partial charge is 0.137 e. The Bertz CT molecular complexity index is 632. The maximum absolute atomic E-state index is 10.7. The number of hydrogen-bond donors (Lipinski definition) is 3. The van der Waals surface area contributed by atoms with Gasteiger partial charge in [0.05, 0.1) is 4.90 Å². The fourth-order valence-electron chi connectivity index (χ4n) is 2.86. The molecule has 4 heteroatoms. The van der Waals surface area contributed by atoms with Crippen LogP contribution in [0.15, 0.2) is 34.3 Å². The molecular weight excluding hydrogens is 342 g/mol. The third-order valence-electron chi connectivity index (χ3n) is 4.41. The van der Waals surface area contributed by atoms with Gasteiger partial charge in [0.2, 0.25) is 0 Å². The summed E-state index contributed by atoms with van der Waals surface area (Å²) in [6.45, 7) is 8.50. The monoisotopic (exact) mass is 377 g/mol. The van der Waals surface area contributed by atoms with Crippen molar-refractivity contribution in [3.8, 4) is 11.5 Å². The molecule has 0 aliphatic heterocycles. The van der Waals surface area contributed by atoms with Gasteiger partial charge < -0.3 is 10.2 Å². The first-order valence-corrected chi connectivity index (χ1v) is 10.4. The minimum atomic E-state index is 0.197. The Kier molecular flexibility index (Phi) is 10.5. The van der Waals surface area contributed by atoms with Crippen LogP contribution >= 0.6 is 11.9 Å². The summed E-state index contributed by atoms with van der Waals surface area (Å²) in [6, 6.07) is 1.83. The number of hydrogen-bond acceptors (Lipinski definition) is 4. The average Bonchev–Trinajstić information content (AvgIpc) is 2.57. The van der Waals surface area contributed by atoms with E-state index in [-0.39, 0.29) is 11.5 Å². The number of benzene rings is 1. The highest BCUT2D eigenvalue weighted by molar-refractivity contribution is 7.97. The van der Waals surface area contributed by atoms with Crippen molar-refractivity contribution in [2.45, 2.75) is 77.5 Å². The number of aromatic hydroxyl groups is 2. The lowest BCUT2D eigenvalue weighted by molar-refractivity contribution is 0.429. The quantitative estimate of drug-likeness (QED) is 0.241. The van der Waals surface area contributed by atoms with Gasteiger partial charge in [-0.05, 0) is 83.5 Å². The summed E-state index contributed by atoms with van der Waals surface area (Å²) in [4.78, 5) is 0.840. The molecule has 0 unspecified atom stereocenters. The maximum Gasteiger partial charge on any atom is 0.137 e. The summed E-state index contributed by atoms with van der Waals surface area (Å²) in [6.07, 6.45) is 11.2. The van der Waals surface area contributed by atoms with Gasteiger partial charge in [-0.2, -0.15) is 0 Å². The molecule has 1 aromatic carbocycles. The molecule has 0 saturated heterocycles. The van der Waals surface area contributed by atoms with Crippen LogP contribution in [0, 0.1) is 0 Å². The van der Waals surface area contributed by atoms with Crippen LogP contribution in [-0.2, 0) is 12.8 Å². The lowest BCUT2D eigenvalue weighted by atomic mass is 10.00. The van der Waals surface area contributed by atoms with Gasteiger partial charge in [-0.15, -0.1) is 0 Å². The van der Waals surface area contributed by atoms with Gasteiger partial charge in [0.15, 0.2) is 0 Å². The zero-order valence-corrected chi connectivity index (χ0v) is 17.8. The standard InChI is InChI=1S/C22H35NO2S/c1-6-7-8-12-18-15-20(24)19(21(25)22(18)26-23-5)14-13-17(4)11-9-10-16(2)3/h10,13,15,23-25H,6-9,11-12,14H2,1-5H3/b17-13+. The molecule has 3 nitrogen and oxygen atoms in total. The summed E-state index contributed by atoms with van der Waals surface area (Å²) in [5.74, 6) is 0.409. The number of rotatable bonds is 11. The number of nitrogens with one attached hydrogen (secondary N) is 1. The molecule has 0 aliphatic rings. The highest BCUT2D eigenvalue weighted by Crippen LogP contribution is 2.40. The number of aryl methyl sites for hydroxylation is 1. The molecule has 0 aromatic heterocycles. The molecule has 26 heavy (non-hydrogen) atoms. The zero-order valence-electron chi connectivity index (χ0n) is 17.0. The SMILES string of the molecule is CCCCCc1cc(O)c(C/C=C(\C)CCC=C(C)C)c(O)c1SNC. The van der Waals surface area contributed by atoms with Crippen LogP contribution in [0.4, 0.5) is 0 Å². The summed E-state index contributed by atoms with van der Waals surface area (Å²) in [5, 5.41) is 21.2. The first-order chi connectivity index (χ1) is 12.4. The second kappa shape index (κ2) is 12.1. The van der Waals surface area contributed by atoms with Gasteiger partial charge in [0.1, 0.15) is 11.5 Å². The lowest BCUT2D eigenvalue weighted by Gasteiger charge is -2.15. The lowest BCUT2D eigenvalue weighted by Crippen LogP contribution is -1.99. The molecule has 0 spiro atoms. The minimum absolute atomic E-state index is 0.197. The van der Waals surface area contributed by atoms with Crippen molar-refractivity contribution in [2.24, 2.45) is 0 Å². The molecule has 0 amide bonds. The largest absolute Gasteiger partial charge is 0.508 e. The predicted octanol–water partition coefficient (Wildman–Crippen LogP) is 6.29. The first kappa shape index (κ1) is 22.7. The molecule has 0 aliphatic carbocycles. The molecule has 3 N–H and O–H groups in total. The molecule has 0 fully saturated rings. The van der Waals surface area contributed by atoms with Crippen molar-refractivity contribution in [1.29, 1.82) is 0 Å². The second-order valence-corrected chi connectivity index (χ2v) is 8.07.